The van der Waals surface area contributed by atoms with E-state index in [-0.39, 0.29) is 5.75 Å². The predicted octanol–water partition coefficient (Wildman–Crippen LogP) is 4.89. The Kier molecular flexibility index (Phi) is 7.95. The molecule has 0 fully saturated rings. The number of benzene rings is 1. The minimum atomic E-state index is 0.257. The molecule has 0 aliphatic carbocycles. The highest BCUT2D eigenvalue weighted by Gasteiger charge is 2.06. The monoisotopic (exact) mass is 262 g/mol. The number of phenols is 1. The zero-order valence-electron chi connectivity index (χ0n) is 12.0. The van der Waals surface area contributed by atoms with E-state index < -0.39 is 0 Å². The number of unbranched alkanes of at least 4 members (excludes halogenated alkanes) is 7. The van der Waals surface area contributed by atoms with E-state index in [0.717, 1.165) is 24.7 Å². The van der Waals surface area contributed by atoms with Crippen molar-refractivity contribution < 1.29 is 9.90 Å². The van der Waals surface area contributed by atoms with Crippen LogP contribution in [0.15, 0.2) is 18.2 Å². The minimum absolute atomic E-state index is 0.257. The smallest absolute Gasteiger partial charge is 0.150 e. The van der Waals surface area contributed by atoms with Crippen LogP contribution in [0.1, 0.15) is 74.2 Å². The van der Waals surface area contributed by atoms with Crippen molar-refractivity contribution in [2.75, 3.05) is 0 Å². The Morgan fingerprint density at radius 1 is 1.00 bits per heavy atom. The van der Waals surface area contributed by atoms with Crippen LogP contribution in [0.2, 0.25) is 0 Å². The van der Waals surface area contributed by atoms with E-state index in [0.29, 0.717) is 5.56 Å². The van der Waals surface area contributed by atoms with E-state index in [4.69, 9.17) is 0 Å². The van der Waals surface area contributed by atoms with Gasteiger partial charge in [0, 0.05) is 11.1 Å². The van der Waals surface area contributed by atoms with E-state index in [9.17, 15) is 9.90 Å². The molecule has 0 bridgehead atoms. The molecule has 1 rings (SSSR count). The lowest BCUT2D eigenvalue weighted by Crippen LogP contribution is -1.94. The van der Waals surface area contributed by atoms with Gasteiger partial charge in [-0.05, 0) is 18.9 Å². The average molecular weight is 262 g/mol. The minimum Gasteiger partial charge on any atom is -0.508 e. The van der Waals surface area contributed by atoms with Gasteiger partial charge in [0.15, 0.2) is 0 Å². The molecule has 106 valence electrons. The van der Waals surface area contributed by atoms with Gasteiger partial charge in [0.25, 0.3) is 0 Å². The van der Waals surface area contributed by atoms with Crippen molar-refractivity contribution in [3.05, 3.63) is 29.3 Å². The molecule has 0 unspecified atom stereocenters. The van der Waals surface area contributed by atoms with Gasteiger partial charge in [-0.15, -0.1) is 0 Å². The third-order valence-corrected chi connectivity index (χ3v) is 3.59. The molecule has 0 aromatic heterocycles. The van der Waals surface area contributed by atoms with Crippen LogP contribution in [-0.2, 0) is 6.42 Å². The van der Waals surface area contributed by atoms with Gasteiger partial charge in [-0.1, -0.05) is 64.0 Å². The van der Waals surface area contributed by atoms with Crippen molar-refractivity contribution in [1.82, 2.24) is 0 Å². The zero-order valence-corrected chi connectivity index (χ0v) is 12.0. The summed E-state index contributed by atoms with van der Waals surface area (Å²) in [5, 5.41) is 9.76. The van der Waals surface area contributed by atoms with Gasteiger partial charge in [-0.2, -0.15) is 0 Å². The van der Waals surface area contributed by atoms with Crippen molar-refractivity contribution in [1.29, 1.82) is 0 Å². The molecule has 1 aromatic carbocycles. The van der Waals surface area contributed by atoms with E-state index in [1.54, 1.807) is 18.2 Å². The molecular formula is C17H26O2. The largest absolute Gasteiger partial charge is 0.508 e. The van der Waals surface area contributed by atoms with Crippen LogP contribution in [0.4, 0.5) is 0 Å². The maximum Gasteiger partial charge on any atom is 0.150 e. The normalized spacial score (nSPS) is 10.6. The van der Waals surface area contributed by atoms with Crippen molar-refractivity contribution in [2.24, 2.45) is 0 Å². The second-order valence-corrected chi connectivity index (χ2v) is 5.19. The number of hydrogen-bond acceptors (Lipinski definition) is 2. The van der Waals surface area contributed by atoms with Gasteiger partial charge in [0.1, 0.15) is 12.0 Å². The predicted molar refractivity (Wildman–Crippen MR) is 79.8 cm³/mol. The summed E-state index contributed by atoms with van der Waals surface area (Å²) in [7, 11) is 0. The molecule has 0 saturated heterocycles. The molecule has 19 heavy (non-hydrogen) atoms. The van der Waals surface area contributed by atoms with Crippen LogP contribution in [-0.4, -0.2) is 11.4 Å². The van der Waals surface area contributed by atoms with Gasteiger partial charge in [-0.25, -0.2) is 0 Å². The van der Waals surface area contributed by atoms with E-state index in [2.05, 4.69) is 6.92 Å². The second-order valence-electron chi connectivity index (χ2n) is 5.19. The Morgan fingerprint density at radius 2 is 1.63 bits per heavy atom. The fourth-order valence-electron chi connectivity index (χ4n) is 2.41. The Hall–Kier alpha value is -1.31. The quantitative estimate of drug-likeness (QED) is 0.481. The first kappa shape index (κ1) is 15.7. The van der Waals surface area contributed by atoms with Crippen LogP contribution in [0.5, 0.6) is 5.75 Å². The molecule has 0 aliphatic heterocycles. The molecule has 0 atom stereocenters. The number of hydrogen-bond donors (Lipinski definition) is 1. The molecule has 1 aromatic rings. The first-order chi connectivity index (χ1) is 9.29. The maximum absolute atomic E-state index is 10.9. The molecule has 0 radical (unpaired) electrons. The van der Waals surface area contributed by atoms with Crippen molar-refractivity contribution in [3.63, 3.8) is 0 Å². The summed E-state index contributed by atoms with van der Waals surface area (Å²) in [6.07, 6.45) is 11.8. The van der Waals surface area contributed by atoms with E-state index in [1.165, 1.54) is 44.9 Å². The van der Waals surface area contributed by atoms with Crippen LogP contribution < -0.4 is 0 Å². The van der Waals surface area contributed by atoms with Gasteiger partial charge >= 0.3 is 0 Å². The van der Waals surface area contributed by atoms with Gasteiger partial charge < -0.3 is 5.11 Å². The number of phenolic OH excluding ortho intramolecular Hbond substituents is 1. The lowest BCUT2D eigenvalue weighted by molar-refractivity contribution is 0.112. The van der Waals surface area contributed by atoms with Crippen molar-refractivity contribution >= 4 is 6.29 Å². The molecule has 0 heterocycles. The lowest BCUT2D eigenvalue weighted by Gasteiger charge is -2.07. The Balaban J connectivity index is 2.21. The molecule has 1 N–H and O–H groups in total. The molecule has 0 saturated carbocycles. The molecule has 0 aliphatic rings. The molecule has 0 spiro atoms. The fourth-order valence-corrected chi connectivity index (χ4v) is 2.41. The number of rotatable bonds is 10. The van der Waals surface area contributed by atoms with Crippen molar-refractivity contribution in [2.45, 2.75) is 64.7 Å². The van der Waals surface area contributed by atoms with E-state index >= 15 is 0 Å². The number of carbonyl (C=O) groups excluding carboxylic acids is 1. The van der Waals surface area contributed by atoms with Gasteiger partial charge in [-0.3, -0.25) is 4.79 Å². The average Bonchev–Trinajstić information content (AvgIpc) is 2.43. The van der Waals surface area contributed by atoms with Crippen LogP contribution in [0.3, 0.4) is 0 Å². The summed E-state index contributed by atoms with van der Waals surface area (Å²) in [4.78, 5) is 10.9. The first-order valence-electron chi connectivity index (χ1n) is 7.55. The number of carbonyl (C=O) groups is 1. The summed E-state index contributed by atoms with van der Waals surface area (Å²) in [6.45, 7) is 2.23. The molecular weight excluding hydrogens is 236 g/mol. The van der Waals surface area contributed by atoms with Crippen LogP contribution >= 0.6 is 0 Å². The highest BCUT2D eigenvalue weighted by atomic mass is 16.3. The summed E-state index contributed by atoms with van der Waals surface area (Å²) < 4.78 is 0. The third-order valence-electron chi connectivity index (χ3n) is 3.59. The number of aromatic hydroxyl groups is 1. The van der Waals surface area contributed by atoms with Crippen LogP contribution in [0, 0.1) is 0 Å². The van der Waals surface area contributed by atoms with Crippen LogP contribution in [0.25, 0.3) is 0 Å². The lowest BCUT2D eigenvalue weighted by atomic mass is 10.00. The summed E-state index contributed by atoms with van der Waals surface area (Å²) in [6, 6.07) is 5.15. The first-order valence-corrected chi connectivity index (χ1v) is 7.55. The highest BCUT2D eigenvalue weighted by molar-refractivity contribution is 5.78. The molecule has 2 heteroatoms. The molecule has 2 nitrogen and oxygen atoms in total. The summed E-state index contributed by atoms with van der Waals surface area (Å²) >= 11 is 0. The third kappa shape index (κ3) is 5.91. The zero-order chi connectivity index (χ0) is 13.9. The Labute approximate surface area is 116 Å². The van der Waals surface area contributed by atoms with Gasteiger partial charge in [0.05, 0.1) is 0 Å². The van der Waals surface area contributed by atoms with Crippen molar-refractivity contribution in [3.8, 4) is 5.75 Å². The maximum atomic E-state index is 10.9. The van der Waals surface area contributed by atoms with E-state index in [1.807, 2.05) is 0 Å². The SMILES string of the molecule is CCCCCCCCCCc1c(O)cccc1C=O. The standard InChI is InChI=1S/C17H26O2/c1-2-3-4-5-6-7-8-9-12-16-15(14-18)11-10-13-17(16)19/h10-11,13-14,19H,2-9,12H2,1H3. The highest BCUT2D eigenvalue weighted by Crippen LogP contribution is 2.22. The summed E-state index contributed by atoms with van der Waals surface area (Å²) in [5.41, 5.74) is 1.44. The topological polar surface area (TPSA) is 37.3 Å². The number of aldehydes is 1. The Bertz CT molecular complexity index is 372. The second kappa shape index (κ2) is 9.60. The molecule has 0 amide bonds. The Morgan fingerprint density at radius 3 is 2.26 bits per heavy atom. The summed E-state index contributed by atoms with van der Waals surface area (Å²) in [5.74, 6) is 0.257. The van der Waals surface area contributed by atoms with Gasteiger partial charge in [0.2, 0.25) is 0 Å². The fraction of sp³-hybridized carbons (Fsp3) is 0.588.